The molecule has 0 saturated heterocycles. The molecule has 0 aromatic heterocycles. The summed E-state index contributed by atoms with van der Waals surface area (Å²) in [6.07, 6.45) is 0. The average molecular weight is 472 g/mol. The summed E-state index contributed by atoms with van der Waals surface area (Å²) in [7, 11) is 2.15. The molecule has 188 valence electrons. The summed E-state index contributed by atoms with van der Waals surface area (Å²) in [5.74, 6) is 0.201. The Labute approximate surface area is 214 Å². The first-order valence-corrected chi connectivity index (χ1v) is 13.4. The largest absolute Gasteiger partial charge is 0.375 e. The standard InChI is InChI=1S/C32H45N3/c1-9-33(8)27-16-14-26(15-17-27)32(30-20-18-28(22-24(30)6)34(10-2)11-3)31-21-19-29(23-25(31)7)35(12-4)13-5/h14-23,32H,9-13H2,1-8H3. The maximum absolute atomic E-state index is 2.42. The van der Waals surface area contributed by atoms with Crippen molar-refractivity contribution >= 4 is 17.1 Å². The van der Waals surface area contributed by atoms with Gasteiger partial charge in [0.1, 0.15) is 0 Å². The minimum absolute atomic E-state index is 0.201. The van der Waals surface area contributed by atoms with Gasteiger partial charge in [0.15, 0.2) is 0 Å². The number of aryl methyl sites for hydroxylation is 2. The SMILES string of the molecule is CCN(C)c1ccc(C(c2ccc(N(CC)CC)cc2C)c2ccc(N(CC)CC)cc2C)cc1. The molecular weight excluding hydrogens is 426 g/mol. The van der Waals surface area contributed by atoms with Crippen LogP contribution in [0.3, 0.4) is 0 Å². The molecule has 0 saturated carbocycles. The first-order chi connectivity index (χ1) is 16.9. The van der Waals surface area contributed by atoms with Crippen LogP contribution in [-0.2, 0) is 0 Å². The lowest BCUT2D eigenvalue weighted by atomic mass is 9.81. The molecule has 3 nitrogen and oxygen atoms in total. The van der Waals surface area contributed by atoms with E-state index in [1.54, 1.807) is 0 Å². The Kier molecular flexibility index (Phi) is 9.26. The Balaban J connectivity index is 2.14. The Morgan fingerprint density at radius 3 is 1.29 bits per heavy atom. The second kappa shape index (κ2) is 12.2. The Hall–Kier alpha value is -2.94. The van der Waals surface area contributed by atoms with Gasteiger partial charge in [-0.15, -0.1) is 0 Å². The van der Waals surface area contributed by atoms with E-state index < -0.39 is 0 Å². The van der Waals surface area contributed by atoms with E-state index in [9.17, 15) is 0 Å². The average Bonchev–Trinajstić information content (AvgIpc) is 2.88. The zero-order valence-corrected chi connectivity index (χ0v) is 23.2. The van der Waals surface area contributed by atoms with E-state index in [0.29, 0.717) is 0 Å². The van der Waals surface area contributed by atoms with Crippen LogP contribution in [0.25, 0.3) is 0 Å². The molecule has 0 bridgehead atoms. The van der Waals surface area contributed by atoms with Crippen LogP contribution in [0, 0.1) is 13.8 Å². The highest BCUT2D eigenvalue weighted by Gasteiger charge is 2.22. The lowest BCUT2D eigenvalue weighted by Crippen LogP contribution is -2.22. The van der Waals surface area contributed by atoms with Crippen LogP contribution in [0.2, 0.25) is 0 Å². The van der Waals surface area contributed by atoms with Gasteiger partial charge in [0.25, 0.3) is 0 Å². The van der Waals surface area contributed by atoms with E-state index in [-0.39, 0.29) is 5.92 Å². The third-order valence-electron chi connectivity index (χ3n) is 7.53. The third-order valence-corrected chi connectivity index (χ3v) is 7.53. The van der Waals surface area contributed by atoms with Crippen molar-refractivity contribution in [3.8, 4) is 0 Å². The third kappa shape index (κ3) is 5.83. The van der Waals surface area contributed by atoms with Crippen molar-refractivity contribution in [1.29, 1.82) is 0 Å². The topological polar surface area (TPSA) is 9.72 Å². The summed E-state index contributed by atoms with van der Waals surface area (Å²) >= 11 is 0. The minimum Gasteiger partial charge on any atom is -0.375 e. The summed E-state index contributed by atoms with van der Waals surface area (Å²) in [5.41, 5.74) is 10.7. The highest BCUT2D eigenvalue weighted by molar-refractivity contribution is 5.59. The number of hydrogen-bond donors (Lipinski definition) is 0. The predicted molar refractivity (Wildman–Crippen MR) is 156 cm³/mol. The molecule has 3 aromatic rings. The van der Waals surface area contributed by atoms with Crippen molar-refractivity contribution in [3.05, 3.63) is 88.5 Å². The molecule has 0 aliphatic carbocycles. The predicted octanol–water partition coefficient (Wildman–Crippen LogP) is 7.63. The molecule has 0 fully saturated rings. The second-order valence-corrected chi connectivity index (χ2v) is 9.47. The van der Waals surface area contributed by atoms with E-state index in [1.807, 2.05) is 0 Å². The van der Waals surface area contributed by atoms with Gasteiger partial charge in [-0.25, -0.2) is 0 Å². The smallest absolute Gasteiger partial charge is 0.0368 e. The Morgan fingerprint density at radius 1 is 0.543 bits per heavy atom. The van der Waals surface area contributed by atoms with Crippen LogP contribution in [0.5, 0.6) is 0 Å². The summed E-state index contributed by atoms with van der Waals surface area (Å²) < 4.78 is 0. The number of rotatable bonds is 11. The molecule has 0 amide bonds. The van der Waals surface area contributed by atoms with Gasteiger partial charge in [0.2, 0.25) is 0 Å². The lowest BCUT2D eigenvalue weighted by Gasteiger charge is -2.28. The van der Waals surface area contributed by atoms with E-state index in [4.69, 9.17) is 0 Å². The number of benzene rings is 3. The minimum atomic E-state index is 0.201. The molecule has 0 atom stereocenters. The van der Waals surface area contributed by atoms with Crippen LogP contribution < -0.4 is 14.7 Å². The molecule has 0 heterocycles. The van der Waals surface area contributed by atoms with E-state index in [0.717, 1.165) is 32.7 Å². The molecule has 0 aliphatic rings. The monoisotopic (exact) mass is 471 g/mol. The first kappa shape index (κ1) is 26.7. The van der Waals surface area contributed by atoms with Gasteiger partial charge in [-0.1, -0.05) is 24.3 Å². The molecule has 35 heavy (non-hydrogen) atoms. The van der Waals surface area contributed by atoms with Crippen LogP contribution in [0.15, 0.2) is 60.7 Å². The highest BCUT2D eigenvalue weighted by atomic mass is 15.1. The van der Waals surface area contributed by atoms with Crippen LogP contribution in [0.1, 0.15) is 68.4 Å². The van der Waals surface area contributed by atoms with Gasteiger partial charge < -0.3 is 14.7 Å². The fourth-order valence-electron chi connectivity index (χ4n) is 5.17. The molecule has 0 N–H and O–H groups in total. The highest BCUT2D eigenvalue weighted by Crippen LogP contribution is 2.38. The van der Waals surface area contributed by atoms with Gasteiger partial charge in [0, 0.05) is 62.8 Å². The van der Waals surface area contributed by atoms with E-state index >= 15 is 0 Å². The molecule has 0 aliphatic heterocycles. The summed E-state index contributed by atoms with van der Waals surface area (Å²) in [6.45, 7) is 20.7. The zero-order valence-electron chi connectivity index (χ0n) is 23.2. The van der Waals surface area contributed by atoms with Crippen LogP contribution >= 0.6 is 0 Å². The van der Waals surface area contributed by atoms with Crippen LogP contribution in [-0.4, -0.2) is 39.8 Å². The molecule has 3 rings (SSSR count). The zero-order chi connectivity index (χ0) is 25.5. The van der Waals surface area contributed by atoms with Crippen molar-refractivity contribution in [2.75, 3.05) is 54.5 Å². The van der Waals surface area contributed by atoms with Gasteiger partial charge >= 0.3 is 0 Å². The first-order valence-electron chi connectivity index (χ1n) is 13.4. The molecule has 3 heteroatoms. The molecule has 0 radical (unpaired) electrons. The molecule has 0 spiro atoms. The van der Waals surface area contributed by atoms with Crippen molar-refractivity contribution < 1.29 is 0 Å². The maximum Gasteiger partial charge on any atom is 0.0368 e. The fraction of sp³-hybridized carbons (Fsp3) is 0.438. The quantitative estimate of drug-likeness (QED) is 0.266. The van der Waals surface area contributed by atoms with Crippen molar-refractivity contribution in [2.45, 2.75) is 54.4 Å². The number of nitrogens with zero attached hydrogens (tertiary/aromatic N) is 3. The normalized spacial score (nSPS) is 11.1. The van der Waals surface area contributed by atoms with Gasteiger partial charge in [-0.05, 0) is 113 Å². The van der Waals surface area contributed by atoms with Crippen LogP contribution in [0.4, 0.5) is 17.1 Å². The molecule has 3 aromatic carbocycles. The lowest BCUT2D eigenvalue weighted by molar-refractivity contribution is 0.859. The number of hydrogen-bond acceptors (Lipinski definition) is 3. The Morgan fingerprint density at radius 2 is 0.943 bits per heavy atom. The van der Waals surface area contributed by atoms with Gasteiger partial charge in [-0.2, -0.15) is 0 Å². The summed E-state index contributed by atoms with van der Waals surface area (Å²) in [6, 6.07) is 23.2. The summed E-state index contributed by atoms with van der Waals surface area (Å²) in [5, 5.41) is 0. The van der Waals surface area contributed by atoms with Crippen molar-refractivity contribution in [1.82, 2.24) is 0 Å². The van der Waals surface area contributed by atoms with E-state index in [1.165, 1.54) is 44.9 Å². The summed E-state index contributed by atoms with van der Waals surface area (Å²) in [4.78, 5) is 7.13. The molecular formula is C32H45N3. The number of anilines is 3. The second-order valence-electron chi connectivity index (χ2n) is 9.47. The van der Waals surface area contributed by atoms with Crippen molar-refractivity contribution in [3.63, 3.8) is 0 Å². The van der Waals surface area contributed by atoms with Gasteiger partial charge in [-0.3, -0.25) is 0 Å². The fourth-order valence-corrected chi connectivity index (χ4v) is 5.17. The Bertz CT molecular complexity index is 1020. The molecule has 0 unspecified atom stereocenters. The van der Waals surface area contributed by atoms with Gasteiger partial charge in [0.05, 0.1) is 0 Å². The maximum atomic E-state index is 2.42. The van der Waals surface area contributed by atoms with Crippen molar-refractivity contribution in [2.24, 2.45) is 0 Å². The van der Waals surface area contributed by atoms with E-state index in [2.05, 4.69) is 131 Å².